The van der Waals surface area contributed by atoms with Gasteiger partial charge in [0.2, 0.25) is 0 Å². The molecule has 0 radical (unpaired) electrons. The summed E-state index contributed by atoms with van der Waals surface area (Å²) in [5, 5.41) is 9.17. The lowest BCUT2D eigenvalue weighted by atomic mass is 10.1. The van der Waals surface area contributed by atoms with E-state index in [1.807, 2.05) is 0 Å². The molecular weight excluding hydrogens is 256 g/mol. The molecule has 1 aromatic rings. The molecule has 1 rings (SSSR count). The van der Waals surface area contributed by atoms with Crippen LogP contribution in [0.15, 0.2) is 18.2 Å². The molecule has 3 nitrogen and oxygen atoms in total. The lowest BCUT2D eigenvalue weighted by Crippen LogP contribution is -2.18. The third-order valence-electron chi connectivity index (χ3n) is 2.04. The van der Waals surface area contributed by atoms with Crippen molar-refractivity contribution in [2.45, 2.75) is 19.4 Å². The van der Waals surface area contributed by atoms with Crippen molar-refractivity contribution in [2.24, 2.45) is 0 Å². The molecule has 1 atom stereocenters. The number of aliphatic hydroxyl groups is 1. The molecule has 1 unspecified atom stereocenters. The van der Waals surface area contributed by atoms with Crippen LogP contribution in [0.3, 0.4) is 0 Å². The van der Waals surface area contributed by atoms with Gasteiger partial charge in [0.15, 0.2) is 0 Å². The van der Waals surface area contributed by atoms with Crippen LogP contribution in [0.2, 0.25) is 0 Å². The van der Waals surface area contributed by atoms with Gasteiger partial charge in [0.25, 0.3) is 0 Å². The maximum absolute atomic E-state index is 13.3. The Kier molecular flexibility index (Phi) is 4.92. The van der Waals surface area contributed by atoms with Gasteiger partial charge in [-0.05, 0) is 19.1 Å². The van der Waals surface area contributed by atoms with Gasteiger partial charge in [-0.3, -0.25) is 4.74 Å². The van der Waals surface area contributed by atoms with Crippen LogP contribution in [0.4, 0.5) is 17.6 Å². The summed E-state index contributed by atoms with van der Waals surface area (Å²) in [5.41, 5.74) is 0.0916. The number of ether oxygens (including phenoxy) is 2. The lowest BCUT2D eigenvalue weighted by molar-refractivity contribution is -0.325. The number of hydrogen-bond donors (Lipinski definition) is 1. The molecule has 1 N–H and O–H groups in total. The normalized spacial score (nSPS) is 13.4. The van der Waals surface area contributed by atoms with Gasteiger partial charge < -0.3 is 9.84 Å². The molecule has 0 spiro atoms. The van der Waals surface area contributed by atoms with Gasteiger partial charge in [-0.1, -0.05) is 0 Å². The van der Waals surface area contributed by atoms with E-state index >= 15 is 0 Å². The highest BCUT2D eigenvalue weighted by atomic mass is 19.4. The van der Waals surface area contributed by atoms with E-state index in [1.54, 1.807) is 0 Å². The number of hydrogen-bond acceptors (Lipinski definition) is 3. The van der Waals surface area contributed by atoms with E-state index in [0.29, 0.717) is 0 Å². The first kappa shape index (κ1) is 14.7. The maximum Gasteiger partial charge on any atom is 0.522 e. The largest absolute Gasteiger partial charge is 0.522 e. The van der Waals surface area contributed by atoms with Crippen LogP contribution < -0.4 is 4.74 Å². The van der Waals surface area contributed by atoms with E-state index in [9.17, 15) is 22.7 Å². The summed E-state index contributed by atoms with van der Waals surface area (Å²) in [4.78, 5) is 0. The lowest BCUT2D eigenvalue weighted by Gasteiger charge is -2.11. The molecule has 0 fully saturated rings. The van der Waals surface area contributed by atoms with Gasteiger partial charge in [0.1, 0.15) is 18.2 Å². The van der Waals surface area contributed by atoms with E-state index in [2.05, 4.69) is 4.74 Å². The fourth-order valence-corrected chi connectivity index (χ4v) is 1.25. The topological polar surface area (TPSA) is 38.7 Å². The van der Waals surface area contributed by atoms with Crippen LogP contribution in [0.1, 0.15) is 18.6 Å². The van der Waals surface area contributed by atoms with Gasteiger partial charge >= 0.3 is 6.36 Å². The molecule has 0 saturated heterocycles. The average molecular weight is 268 g/mol. The van der Waals surface area contributed by atoms with Crippen molar-refractivity contribution in [2.75, 3.05) is 13.2 Å². The van der Waals surface area contributed by atoms with Crippen molar-refractivity contribution in [3.05, 3.63) is 29.6 Å². The minimum Gasteiger partial charge on any atom is -0.491 e. The predicted molar refractivity (Wildman–Crippen MR) is 54.5 cm³/mol. The van der Waals surface area contributed by atoms with Crippen LogP contribution >= 0.6 is 0 Å². The highest BCUT2D eigenvalue weighted by molar-refractivity contribution is 5.29. The zero-order valence-corrected chi connectivity index (χ0v) is 9.50. The Morgan fingerprint density at radius 2 is 1.94 bits per heavy atom. The summed E-state index contributed by atoms with van der Waals surface area (Å²) < 4.78 is 56.6. The zero-order valence-electron chi connectivity index (χ0n) is 9.50. The molecule has 1 aromatic carbocycles. The Morgan fingerprint density at radius 1 is 1.28 bits per heavy atom. The fourth-order valence-electron chi connectivity index (χ4n) is 1.25. The molecular formula is C11H12F4O3. The van der Waals surface area contributed by atoms with Gasteiger partial charge in [-0.25, -0.2) is 4.39 Å². The minimum absolute atomic E-state index is 0.0719. The SMILES string of the molecule is CC(O)c1ccc(OCCOC(F)(F)F)cc1F. The monoisotopic (exact) mass is 268 g/mol. The van der Waals surface area contributed by atoms with E-state index in [0.717, 1.165) is 6.07 Å². The molecule has 0 heterocycles. The number of halogens is 4. The van der Waals surface area contributed by atoms with Gasteiger partial charge in [0.05, 0.1) is 12.7 Å². The Balaban J connectivity index is 2.47. The Bertz CT molecular complexity index is 390. The Morgan fingerprint density at radius 3 is 2.44 bits per heavy atom. The number of rotatable bonds is 5. The van der Waals surface area contributed by atoms with Gasteiger partial charge in [0, 0.05) is 11.6 Å². The highest BCUT2D eigenvalue weighted by Gasteiger charge is 2.28. The summed E-state index contributed by atoms with van der Waals surface area (Å²) in [5.74, 6) is -0.609. The summed E-state index contributed by atoms with van der Waals surface area (Å²) in [6.07, 6.45) is -5.67. The van der Waals surface area contributed by atoms with Crippen molar-refractivity contribution in [1.82, 2.24) is 0 Å². The second-order valence-electron chi connectivity index (χ2n) is 3.50. The second-order valence-corrected chi connectivity index (χ2v) is 3.50. The predicted octanol–water partition coefficient (Wildman–Crippen LogP) is 2.79. The van der Waals surface area contributed by atoms with Crippen LogP contribution in [0.5, 0.6) is 5.75 Å². The molecule has 0 aliphatic carbocycles. The number of aliphatic hydroxyl groups excluding tert-OH is 1. The van der Waals surface area contributed by atoms with Crippen LogP contribution in [0.25, 0.3) is 0 Å². The first-order valence-electron chi connectivity index (χ1n) is 5.10. The van der Waals surface area contributed by atoms with Crippen molar-refractivity contribution in [1.29, 1.82) is 0 Å². The standard InChI is InChI=1S/C11H12F4O3/c1-7(16)9-3-2-8(6-10(9)12)17-4-5-18-11(13,14)15/h2-3,6-7,16H,4-5H2,1H3. The Labute approximate surface area is 101 Å². The molecule has 102 valence electrons. The number of benzene rings is 1. The van der Waals surface area contributed by atoms with Crippen LogP contribution in [-0.4, -0.2) is 24.7 Å². The van der Waals surface area contributed by atoms with Gasteiger partial charge in [-0.2, -0.15) is 0 Å². The van der Waals surface area contributed by atoms with Crippen molar-refractivity contribution in [3.8, 4) is 5.75 Å². The summed E-state index contributed by atoms with van der Waals surface area (Å²) in [6.45, 7) is 0.367. The summed E-state index contributed by atoms with van der Waals surface area (Å²) >= 11 is 0. The van der Waals surface area contributed by atoms with E-state index in [4.69, 9.17) is 4.74 Å². The summed E-state index contributed by atoms with van der Waals surface area (Å²) in [6, 6.07) is 3.66. The minimum atomic E-state index is -4.70. The van der Waals surface area contributed by atoms with Gasteiger partial charge in [-0.15, -0.1) is 13.2 Å². The van der Waals surface area contributed by atoms with E-state index in [1.165, 1.54) is 19.1 Å². The fraction of sp³-hybridized carbons (Fsp3) is 0.455. The van der Waals surface area contributed by atoms with Crippen LogP contribution in [0, 0.1) is 5.82 Å². The molecule has 0 amide bonds. The molecule has 0 aromatic heterocycles. The molecule has 7 heteroatoms. The van der Waals surface area contributed by atoms with Crippen LogP contribution in [-0.2, 0) is 4.74 Å². The van der Waals surface area contributed by atoms with Crippen molar-refractivity contribution >= 4 is 0 Å². The first-order valence-corrected chi connectivity index (χ1v) is 5.10. The molecule has 0 saturated carbocycles. The smallest absolute Gasteiger partial charge is 0.491 e. The molecule has 18 heavy (non-hydrogen) atoms. The molecule has 0 aliphatic heterocycles. The quantitative estimate of drug-likeness (QED) is 0.659. The van der Waals surface area contributed by atoms with E-state index in [-0.39, 0.29) is 17.9 Å². The molecule has 0 bridgehead atoms. The summed E-state index contributed by atoms with van der Waals surface area (Å²) in [7, 11) is 0. The van der Waals surface area contributed by atoms with E-state index < -0.39 is 24.9 Å². The number of alkyl halides is 3. The van der Waals surface area contributed by atoms with Crippen molar-refractivity contribution < 1.29 is 32.1 Å². The van der Waals surface area contributed by atoms with Crippen molar-refractivity contribution in [3.63, 3.8) is 0 Å². The Hall–Kier alpha value is -1.34. The zero-order chi connectivity index (χ0) is 13.8. The first-order chi connectivity index (χ1) is 8.29. The third-order valence-corrected chi connectivity index (χ3v) is 2.04. The average Bonchev–Trinajstić information content (AvgIpc) is 2.22. The second kappa shape index (κ2) is 6.01. The maximum atomic E-state index is 13.3. The third kappa shape index (κ3) is 4.89. The highest BCUT2D eigenvalue weighted by Crippen LogP contribution is 2.22. The molecule has 0 aliphatic rings.